The van der Waals surface area contributed by atoms with E-state index in [2.05, 4.69) is 31.0 Å². The second-order valence-corrected chi connectivity index (χ2v) is 10.2. The first-order valence-electron chi connectivity index (χ1n) is 9.63. The fourth-order valence-electron chi connectivity index (χ4n) is 3.07. The Hall–Kier alpha value is -2.28. The van der Waals surface area contributed by atoms with Gasteiger partial charge in [-0.1, -0.05) is 55.0 Å². The molecule has 1 amide bonds. The Bertz CT molecular complexity index is 1140. The molecule has 154 valence electrons. The molecule has 0 radical (unpaired) electrons. The minimum Gasteiger partial charge on any atom is -0.467 e. The Morgan fingerprint density at radius 2 is 1.97 bits per heavy atom. The molecule has 4 nitrogen and oxygen atoms in total. The molecule has 2 aromatic carbocycles. The van der Waals surface area contributed by atoms with Crippen LogP contribution >= 0.6 is 34.7 Å². The van der Waals surface area contributed by atoms with Gasteiger partial charge >= 0.3 is 0 Å². The van der Waals surface area contributed by atoms with Crippen LogP contribution in [0.2, 0.25) is 5.02 Å². The highest BCUT2D eigenvalue weighted by atomic mass is 35.5. The SMILES string of the molecule is CC(C)Sc1ccc(CC(=O)N(Cc2ccco2)c2nc3c(Cl)cccc3s2)cc1. The fraction of sp³-hybridized carbons (Fsp3) is 0.217. The van der Waals surface area contributed by atoms with Crippen molar-refractivity contribution in [2.75, 3.05) is 4.90 Å². The molecule has 0 spiro atoms. The molecule has 0 aliphatic carbocycles. The number of aromatic nitrogens is 1. The van der Waals surface area contributed by atoms with Gasteiger partial charge in [0.1, 0.15) is 11.3 Å². The molecule has 0 N–H and O–H groups in total. The van der Waals surface area contributed by atoms with Gasteiger partial charge in [0, 0.05) is 10.1 Å². The van der Waals surface area contributed by atoms with E-state index >= 15 is 0 Å². The molecule has 0 atom stereocenters. The molecule has 2 heterocycles. The summed E-state index contributed by atoms with van der Waals surface area (Å²) in [4.78, 5) is 20.8. The number of benzene rings is 2. The van der Waals surface area contributed by atoms with E-state index in [-0.39, 0.29) is 12.3 Å². The lowest BCUT2D eigenvalue weighted by atomic mass is 10.1. The molecule has 4 aromatic rings. The number of carbonyl (C=O) groups excluding carboxylic acids is 1. The van der Waals surface area contributed by atoms with Crippen molar-refractivity contribution in [3.05, 3.63) is 77.2 Å². The molecule has 0 saturated carbocycles. The minimum absolute atomic E-state index is 0.0363. The van der Waals surface area contributed by atoms with Crippen LogP contribution in [-0.4, -0.2) is 16.1 Å². The molecular formula is C23H21ClN2O2S2. The maximum atomic E-state index is 13.3. The van der Waals surface area contributed by atoms with Crippen LogP contribution in [-0.2, 0) is 17.8 Å². The van der Waals surface area contributed by atoms with Crippen LogP contribution < -0.4 is 4.90 Å². The van der Waals surface area contributed by atoms with Gasteiger partial charge in [0.25, 0.3) is 0 Å². The van der Waals surface area contributed by atoms with Crippen molar-refractivity contribution in [2.45, 2.75) is 37.0 Å². The summed E-state index contributed by atoms with van der Waals surface area (Å²) in [5.41, 5.74) is 1.68. The number of para-hydroxylation sites is 1. The largest absolute Gasteiger partial charge is 0.467 e. The summed E-state index contributed by atoms with van der Waals surface area (Å²) in [6.45, 7) is 4.66. The highest BCUT2D eigenvalue weighted by molar-refractivity contribution is 7.99. The van der Waals surface area contributed by atoms with E-state index < -0.39 is 0 Å². The predicted molar refractivity (Wildman–Crippen MR) is 126 cm³/mol. The Kier molecular flexibility index (Phi) is 6.46. The summed E-state index contributed by atoms with van der Waals surface area (Å²) in [7, 11) is 0. The van der Waals surface area contributed by atoms with Crippen LogP contribution in [0.4, 0.5) is 5.13 Å². The summed E-state index contributed by atoms with van der Waals surface area (Å²) < 4.78 is 6.44. The van der Waals surface area contributed by atoms with Crippen LogP contribution in [0.3, 0.4) is 0 Å². The summed E-state index contributed by atoms with van der Waals surface area (Å²) in [6.07, 6.45) is 1.90. The van der Waals surface area contributed by atoms with Crippen molar-refractivity contribution in [3.8, 4) is 0 Å². The van der Waals surface area contributed by atoms with Gasteiger partial charge in [-0.25, -0.2) is 4.98 Å². The zero-order chi connectivity index (χ0) is 21.1. The number of carbonyl (C=O) groups is 1. The third-order valence-electron chi connectivity index (χ3n) is 4.43. The molecule has 0 bridgehead atoms. The van der Waals surface area contributed by atoms with Crippen molar-refractivity contribution in [2.24, 2.45) is 0 Å². The van der Waals surface area contributed by atoms with Crippen LogP contribution in [0.15, 0.2) is 70.2 Å². The number of halogens is 1. The summed E-state index contributed by atoms with van der Waals surface area (Å²) in [5, 5.41) is 1.72. The van der Waals surface area contributed by atoms with E-state index in [4.69, 9.17) is 16.0 Å². The van der Waals surface area contributed by atoms with Gasteiger partial charge in [0.05, 0.1) is 29.0 Å². The highest BCUT2D eigenvalue weighted by Gasteiger charge is 2.22. The number of thiazole rings is 1. The number of nitrogens with zero attached hydrogens (tertiary/aromatic N) is 2. The van der Waals surface area contributed by atoms with E-state index in [0.29, 0.717) is 33.2 Å². The average molecular weight is 457 g/mol. The van der Waals surface area contributed by atoms with E-state index in [1.165, 1.54) is 16.2 Å². The predicted octanol–water partition coefficient (Wildman–Crippen LogP) is 6.82. The third kappa shape index (κ3) is 4.89. The molecule has 2 aromatic heterocycles. The lowest BCUT2D eigenvalue weighted by molar-refractivity contribution is -0.118. The molecule has 0 aliphatic rings. The summed E-state index contributed by atoms with van der Waals surface area (Å²) in [6, 6.07) is 17.5. The molecule has 4 rings (SSSR count). The van der Waals surface area contributed by atoms with E-state index in [9.17, 15) is 4.79 Å². The van der Waals surface area contributed by atoms with Crippen LogP contribution in [0.25, 0.3) is 10.2 Å². The first-order valence-corrected chi connectivity index (χ1v) is 11.7. The van der Waals surface area contributed by atoms with Gasteiger partial charge in [0.2, 0.25) is 5.91 Å². The number of hydrogen-bond donors (Lipinski definition) is 0. The topological polar surface area (TPSA) is 46.3 Å². The van der Waals surface area contributed by atoms with Gasteiger partial charge in [-0.2, -0.15) is 0 Å². The second kappa shape index (κ2) is 9.25. The zero-order valence-electron chi connectivity index (χ0n) is 16.7. The van der Waals surface area contributed by atoms with Crippen molar-refractivity contribution in [3.63, 3.8) is 0 Å². The Morgan fingerprint density at radius 3 is 2.63 bits per heavy atom. The lowest BCUT2D eigenvalue weighted by Gasteiger charge is -2.19. The zero-order valence-corrected chi connectivity index (χ0v) is 19.1. The molecule has 7 heteroatoms. The van der Waals surface area contributed by atoms with Crippen molar-refractivity contribution >= 4 is 56.0 Å². The van der Waals surface area contributed by atoms with Gasteiger partial charge in [-0.15, -0.1) is 11.8 Å². The van der Waals surface area contributed by atoms with Crippen LogP contribution in [0.5, 0.6) is 0 Å². The Labute approximate surface area is 188 Å². The Morgan fingerprint density at radius 1 is 1.17 bits per heavy atom. The Balaban J connectivity index is 1.60. The third-order valence-corrected chi connectivity index (χ3v) is 6.80. The van der Waals surface area contributed by atoms with Crippen LogP contribution in [0, 0.1) is 0 Å². The maximum absolute atomic E-state index is 13.3. The molecular weight excluding hydrogens is 436 g/mol. The van der Waals surface area contributed by atoms with E-state index in [1.807, 2.05) is 54.2 Å². The van der Waals surface area contributed by atoms with Crippen molar-refractivity contribution in [1.82, 2.24) is 4.98 Å². The normalized spacial score (nSPS) is 11.3. The summed E-state index contributed by atoms with van der Waals surface area (Å²) >= 11 is 9.56. The highest BCUT2D eigenvalue weighted by Crippen LogP contribution is 2.34. The smallest absolute Gasteiger partial charge is 0.233 e. The van der Waals surface area contributed by atoms with Crippen LogP contribution in [0.1, 0.15) is 25.2 Å². The average Bonchev–Trinajstić information content (AvgIpc) is 3.37. The van der Waals surface area contributed by atoms with Crippen molar-refractivity contribution in [1.29, 1.82) is 0 Å². The molecule has 0 fully saturated rings. The van der Waals surface area contributed by atoms with E-state index in [1.54, 1.807) is 11.2 Å². The monoisotopic (exact) mass is 456 g/mol. The number of hydrogen-bond acceptors (Lipinski definition) is 5. The lowest BCUT2D eigenvalue weighted by Crippen LogP contribution is -2.31. The number of amides is 1. The van der Waals surface area contributed by atoms with Gasteiger partial charge in [0.15, 0.2) is 5.13 Å². The quantitative estimate of drug-likeness (QED) is 0.286. The first kappa shape index (κ1) is 21.0. The molecule has 30 heavy (non-hydrogen) atoms. The second-order valence-electron chi connectivity index (χ2n) is 7.13. The standard InChI is InChI=1S/C23H21ClN2O2S2/c1-15(2)29-18-10-8-16(9-11-18)13-21(27)26(14-17-5-4-12-28-17)23-25-22-19(24)6-3-7-20(22)30-23/h3-12,15H,13-14H2,1-2H3. The number of thioether (sulfide) groups is 1. The van der Waals surface area contributed by atoms with Gasteiger partial charge in [-0.3, -0.25) is 9.69 Å². The molecule has 0 saturated heterocycles. The number of rotatable bonds is 7. The van der Waals surface area contributed by atoms with Crippen molar-refractivity contribution < 1.29 is 9.21 Å². The molecule has 0 aliphatic heterocycles. The fourth-order valence-corrected chi connectivity index (χ4v) is 5.19. The number of anilines is 1. The number of furan rings is 1. The number of fused-ring (bicyclic) bond motifs is 1. The minimum atomic E-state index is -0.0363. The van der Waals surface area contributed by atoms with Gasteiger partial charge in [-0.05, 0) is 42.0 Å². The first-order chi connectivity index (χ1) is 14.5. The van der Waals surface area contributed by atoms with Gasteiger partial charge < -0.3 is 4.42 Å². The molecule has 0 unspecified atom stereocenters. The summed E-state index contributed by atoms with van der Waals surface area (Å²) in [5.74, 6) is 0.670. The maximum Gasteiger partial charge on any atom is 0.233 e. The van der Waals surface area contributed by atoms with E-state index in [0.717, 1.165) is 10.3 Å².